The van der Waals surface area contributed by atoms with Gasteiger partial charge < -0.3 is 18.6 Å². The van der Waals surface area contributed by atoms with Crippen LogP contribution in [0.1, 0.15) is 47.1 Å². The number of hydrogen-bond acceptors (Lipinski definition) is 5. The zero-order valence-corrected chi connectivity index (χ0v) is 18.5. The molecule has 0 aliphatic rings. The summed E-state index contributed by atoms with van der Waals surface area (Å²) in [5.41, 5.74) is 3.86. The smallest absolute Gasteiger partial charge is 0.340 e. The van der Waals surface area contributed by atoms with E-state index in [1.807, 2.05) is 52.8 Å². The fourth-order valence-electron chi connectivity index (χ4n) is 4.21. The Hall–Kier alpha value is -3.28. The molecule has 0 bridgehead atoms. The van der Waals surface area contributed by atoms with Gasteiger partial charge in [0.15, 0.2) is 0 Å². The Morgan fingerprint density at radius 1 is 1.10 bits per heavy atom. The number of fused-ring (bicyclic) bond motifs is 3. The second-order valence-corrected chi connectivity index (χ2v) is 8.31. The molecule has 1 amide bonds. The van der Waals surface area contributed by atoms with Gasteiger partial charge in [-0.05, 0) is 75.9 Å². The number of hydrogen-bond donors (Lipinski definition) is 1. The van der Waals surface area contributed by atoms with Crippen molar-refractivity contribution in [3.63, 3.8) is 0 Å². The minimum atomic E-state index is -0.484. The zero-order chi connectivity index (χ0) is 22.3. The molecule has 0 radical (unpaired) electrons. The topological polar surface area (TPSA) is 85.6 Å². The largest absolute Gasteiger partial charge is 0.469 e. The fraction of sp³-hybridized carbons (Fsp3) is 0.360. The maximum absolute atomic E-state index is 12.7. The second kappa shape index (κ2) is 8.10. The van der Waals surface area contributed by atoms with Crippen molar-refractivity contribution in [2.45, 2.75) is 59.9 Å². The van der Waals surface area contributed by atoms with Crippen LogP contribution in [0.5, 0.6) is 0 Å². The maximum Gasteiger partial charge on any atom is 0.340 e. The number of aryl methyl sites for hydroxylation is 5. The Bertz CT molecular complexity index is 1320. The molecule has 0 aliphatic heterocycles. The van der Waals surface area contributed by atoms with Crippen molar-refractivity contribution in [2.24, 2.45) is 0 Å². The van der Waals surface area contributed by atoms with Crippen molar-refractivity contribution >= 4 is 27.8 Å². The summed E-state index contributed by atoms with van der Waals surface area (Å²) in [5.74, 6) is 1.51. The van der Waals surface area contributed by atoms with Gasteiger partial charge in [0, 0.05) is 17.8 Å². The van der Waals surface area contributed by atoms with Gasteiger partial charge >= 0.3 is 5.63 Å². The monoisotopic (exact) mass is 421 g/mol. The molecule has 6 nitrogen and oxygen atoms in total. The molecule has 3 heterocycles. The van der Waals surface area contributed by atoms with E-state index in [2.05, 4.69) is 5.32 Å². The lowest BCUT2D eigenvalue weighted by atomic mass is 9.98. The molecule has 1 N–H and O–H groups in total. The van der Waals surface area contributed by atoms with Crippen LogP contribution in [-0.4, -0.2) is 11.9 Å². The third kappa shape index (κ3) is 3.90. The summed E-state index contributed by atoms with van der Waals surface area (Å²) in [4.78, 5) is 25.3. The predicted molar refractivity (Wildman–Crippen MR) is 120 cm³/mol. The number of furan rings is 2. The first-order valence-electron chi connectivity index (χ1n) is 10.5. The van der Waals surface area contributed by atoms with E-state index >= 15 is 0 Å². The van der Waals surface area contributed by atoms with Crippen LogP contribution < -0.4 is 10.9 Å². The molecule has 31 heavy (non-hydrogen) atoms. The predicted octanol–water partition coefficient (Wildman–Crippen LogP) is 5.05. The molecule has 0 saturated heterocycles. The SMILES string of the molecule is Cc1oc2c(c(C)cc3oc(=O)c(CC(=O)N[C@@H](C)CCc4ccco4)c(C)c32)c1C. The van der Waals surface area contributed by atoms with Gasteiger partial charge in [0.1, 0.15) is 22.7 Å². The van der Waals surface area contributed by atoms with Crippen LogP contribution >= 0.6 is 0 Å². The van der Waals surface area contributed by atoms with Crippen molar-refractivity contribution in [3.8, 4) is 0 Å². The molecule has 0 saturated carbocycles. The molecular weight excluding hydrogens is 394 g/mol. The highest BCUT2D eigenvalue weighted by Crippen LogP contribution is 2.36. The van der Waals surface area contributed by atoms with E-state index in [9.17, 15) is 9.59 Å². The van der Waals surface area contributed by atoms with Crippen LogP contribution in [0.3, 0.4) is 0 Å². The van der Waals surface area contributed by atoms with Crippen LogP contribution in [0.25, 0.3) is 21.9 Å². The van der Waals surface area contributed by atoms with Gasteiger partial charge in [-0.3, -0.25) is 4.79 Å². The Morgan fingerprint density at radius 2 is 1.87 bits per heavy atom. The number of benzene rings is 1. The molecule has 6 heteroatoms. The minimum absolute atomic E-state index is 0.0385. The van der Waals surface area contributed by atoms with E-state index in [1.165, 1.54) is 0 Å². The van der Waals surface area contributed by atoms with E-state index in [-0.39, 0.29) is 18.4 Å². The highest BCUT2D eigenvalue weighted by atomic mass is 16.4. The summed E-state index contributed by atoms with van der Waals surface area (Å²) < 4.78 is 17.0. The number of amides is 1. The molecule has 0 unspecified atom stereocenters. The summed E-state index contributed by atoms with van der Waals surface area (Å²) >= 11 is 0. The zero-order valence-electron chi connectivity index (χ0n) is 18.5. The van der Waals surface area contributed by atoms with Gasteiger partial charge in [-0.2, -0.15) is 0 Å². The van der Waals surface area contributed by atoms with Gasteiger partial charge in [0.25, 0.3) is 0 Å². The average Bonchev–Trinajstić information content (AvgIpc) is 3.32. The normalized spacial score (nSPS) is 12.5. The molecule has 1 atom stereocenters. The van der Waals surface area contributed by atoms with Crippen LogP contribution in [0.2, 0.25) is 0 Å². The molecule has 4 rings (SSSR count). The first-order chi connectivity index (χ1) is 14.8. The van der Waals surface area contributed by atoms with E-state index in [0.29, 0.717) is 16.7 Å². The standard InChI is InChI=1S/C25H27NO5/c1-13-11-20-23(24-22(13)15(3)17(5)30-24)16(4)19(25(28)31-20)12-21(27)26-14(2)8-9-18-7-6-10-29-18/h6-7,10-11,14H,8-9,12H2,1-5H3,(H,26,27)/t14-/m0/s1. The van der Waals surface area contributed by atoms with Gasteiger partial charge in [0.05, 0.1) is 23.6 Å². The highest BCUT2D eigenvalue weighted by molar-refractivity contribution is 6.07. The number of rotatable bonds is 6. The van der Waals surface area contributed by atoms with Crippen molar-refractivity contribution in [1.82, 2.24) is 5.32 Å². The van der Waals surface area contributed by atoms with E-state index < -0.39 is 5.63 Å². The molecule has 1 aromatic carbocycles. The molecular formula is C25H27NO5. The number of nitrogens with one attached hydrogen (secondary N) is 1. The summed E-state index contributed by atoms with van der Waals surface area (Å²) in [6, 6.07) is 5.59. The number of carbonyl (C=O) groups is 1. The maximum atomic E-state index is 12.7. The molecule has 0 fully saturated rings. The van der Waals surface area contributed by atoms with Crippen molar-refractivity contribution in [2.75, 3.05) is 0 Å². The van der Waals surface area contributed by atoms with E-state index in [1.54, 1.807) is 6.26 Å². The van der Waals surface area contributed by atoms with Gasteiger partial charge in [-0.15, -0.1) is 0 Å². The van der Waals surface area contributed by atoms with Crippen LogP contribution in [0, 0.1) is 27.7 Å². The van der Waals surface area contributed by atoms with Crippen LogP contribution in [0.15, 0.2) is 42.5 Å². The number of carbonyl (C=O) groups excluding carboxylic acids is 1. The summed E-state index contributed by atoms with van der Waals surface area (Å²) in [7, 11) is 0. The summed E-state index contributed by atoms with van der Waals surface area (Å²) in [5, 5.41) is 4.75. The Balaban J connectivity index is 1.62. The quantitative estimate of drug-likeness (QED) is 0.441. The van der Waals surface area contributed by atoms with E-state index in [4.69, 9.17) is 13.3 Å². The lowest BCUT2D eigenvalue weighted by Gasteiger charge is -2.14. The van der Waals surface area contributed by atoms with Gasteiger partial charge in [0.2, 0.25) is 5.91 Å². The van der Waals surface area contributed by atoms with Crippen LogP contribution in [0.4, 0.5) is 0 Å². The first-order valence-corrected chi connectivity index (χ1v) is 10.5. The Morgan fingerprint density at radius 3 is 2.58 bits per heavy atom. The van der Waals surface area contributed by atoms with Gasteiger partial charge in [-0.1, -0.05) is 0 Å². The third-order valence-electron chi connectivity index (χ3n) is 6.03. The van der Waals surface area contributed by atoms with Gasteiger partial charge in [-0.25, -0.2) is 4.79 Å². The third-order valence-corrected chi connectivity index (χ3v) is 6.03. The van der Waals surface area contributed by atoms with Crippen molar-refractivity contribution in [3.05, 3.63) is 68.7 Å². The Labute approximate surface area is 180 Å². The first kappa shape index (κ1) is 21.0. The summed E-state index contributed by atoms with van der Waals surface area (Å²) in [6.07, 6.45) is 3.08. The summed E-state index contributed by atoms with van der Waals surface area (Å²) in [6.45, 7) is 9.71. The average molecular weight is 421 g/mol. The fourth-order valence-corrected chi connectivity index (χ4v) is 4.21. The lowest BCUT2D eigenvalue weighted by Crippen LogP contribution is -2.35. The molecule has 0 aliphatic carbocycles. The second-order valence-electron chi connectivity index (χ2n) is 8.31. The molecule has 0 spiro atoms. The Kier molecular flexibility index (Phi) is 5.48. The highest BCUT2D eigenvalue weighted by Gasteiger charge is 2.21. The molecule has 3 aromatic heterocycles. The van der Waals surface area contributed by atoms with Crippen molar-refractivity contribution in [1.29, 1.82) is 0 Å². The minimum Gasteiger partial charge on any atom is -0.469 e. The lowest BCUT2D eigenvalue weighted by molar-refractivity contribution is -0.121. The van der Waals surface area contributed by atoms with Crippen LogP contribution in [-0.2, 0) is 17.6 Å². The molecule has 162 valence electrons. The molecule has 4 aromatic rings. The van der Waals surface area contributed by atoms with Crippen molar-refractivity contribution < 1.29 is 18.0 Å². The van der Waals surface area contributed by atoms with E-state index in [0.717, 1.165) is 51.8 Å².